The number of aliphatic hydroxyl groups is 1. The first-order valence-electron chi connectivity index (χ1n) is 13.0. The standard InChI is InChI=1S/C29H38N2O6/c1-6-30(7-2)17-18-31-26(21-13-16-23(36-9-4)24(19-21)37-10-5)25(28(33)29(31)34)27(32)20-11-14-22(15-12-20)35-8-3/h11-16,19,26,32H,6-10,17-18H2,1-5H3/b27-25-. The van der Waals surface area contributed by atoms with Crippen molar-refractivity contribution in [1.29, 1.82) is 0 Å². The van der Waals surface area contributed by atoms with Gasteiger partial charge in [0.05, 0.1) is 31.4 Å². The molecule has 8 nitrogen and oxygen atoms in total. The summed E-state index contributed by atoms with van der Waals surface area (Å²) in [6.45, 7) is 13.8. The zero-order valence-corrected chi connectivity index (χ0v) is 22.5. The van der Waals surface area contributed by atoms with Gasteiger partial charge in [-0.15, -0.1) is 0 Å². The molecule has 0 saturated carbocycles. The molecule has 0 radical (unpaired) electrons. The first-order chi connectivity index (χ1) is 17.9. The number of aliphatic hydroxyl groups excluding tert-OH is 1. The highest BCUT2D eigenvalue weighted by Crippen LogP contribution is 2.42. The van der Waals surface area contributed by atoms with Crippen LogP contribution in [0.25, 0.3) is 5.76 Å². The number of amides is 1. The molecule has 200 valence electrons. The largest absolute Gasteiger partial charge is 0.507 e. The van der Waals surface area contributed by atoms with E-state index in [0.29, 0.717) is 61.3 Å². The summed E-state index contributed by atoms with van der Waals surface area (Å²) in [5, 5.41) is 11.3. The van der Waals surface area contributed by atoms with Gasteiger partial charge in [-0.3, -0.25) is 9.59 Å². The summed E-state index contributed by atoms with van der Waals surface area (Å²) in [6, 6.07) is 11.5. The van der Waals surface area contributed by atoms with Gasteiger partial charge in [0, 0.05) is 18.7 Å². The van der Waals surface area contributed by atoms with Gasteiger partial charge >= 0.3 is 0 Å². The van der Waals surface area contributed by atoms with E-state index in [4.69, 9.17) is 14.2 Å². The summed E-state index contributed by atoms with van der Waals surface area (Å²) in [5.41, 5.74) is 1.16. The molecule has 1 aliphatic rings. The number of nitrogens with zero attached hydrogens (tertiary/aromatic N) is 2. The monoisotopic (exact) mass is 510 g/mol. The van der Waals surface area contributed by atoms with Gasteiger partial charge in [-0.2, -0.15) is 0 Å². The van der Waals surface area contributed by atoms with Gasteiger partial charge in [0.15, 0.2) is 11.5 Å². The third-order valence-electron chi connectivity index (χ3n) is 6.41. The highest BCUT2D eigenvalue weighted by Gasteiger charge is 2.46. The van der Waals surface area contributed by atoms with Crippen LogP contribution in [0.5, 0.6) is 17.2 Å². The van der Waals surface area contributed by atoms with E-state index in [1.807, 2.05) is 26.8 Å². The minimum absolute atomic E-state index is 0.0558. The third kappa shape index (κ3) is 6.25. The maximum Gasteiger partial charge on any atom is 0.295 e. The Morgan fingerprint density at radius 2 is 1.49 bits per heavy atom. The molecule has 8 heteroatoms. The Morgan fingerprint density at radius 3 is 2.08 bits per heavy atom. The van der Waals surface area contributed by atoms with E-state index in [1.165, 1.54) is 0 Å². The third-order valence-corrected chi connectivity index (χ3v) is 6.41. The van der Waals surface area contributed by atoms with E-state index < -0.39 is 17.7 Å². The van der Waals surface area contributed by atoms with Crippen LogP contribution in [0, 0.1) is 0 Å². The number of rotatable bonds is 13. The second-order valence-electron chi connectivity index (χ2n) is 8.55. The van der Waals surface area contributed by atoms with E-state index >= 15 is 0 Å². The molecule has 37 heavy (non-hydrogen) atoms. The fourth-order valence-electron chi connectivity index (χ4n) is 4.52. The molecule has 1 atom stereocenters. The van der Waals surface area contributed by atoms with Crippen LogP contribution >= 0.6 is 0 Å². The summed E-state index contributed by atoms with van der Waals surface area (Å²) in [5.74, 6) is 0.211. The summed E-state index contributed by atoms with van der Waals surface area (Å²) >= 11 is 0. The van der Waals surface area contributed by atoms with Gasteiger partial charge in [0.25, 0.3) is 11.7 Å². The molecule has 3 rings (SSSR count). The summed E-state index contributed by atoms with van der Waals surface area (Å²) in [7, 11) is 0. The number of hydrogen-bond acceptors (Lipinski definition) is 7. The van der Waals surface area contributed by atoms with E-state index in [9.17, 15) is 14.7 Å². The minimum Gasteiger partial charge on any atom is -0.507 e. The number of carbonyl (C=O) groups is 2. The van der Waals surface area contributed by atoms with Crippen molar-refractivity contribution in [3.63, 3.8) is 0 Å². The lowest BCUT2D eigenvalue weighted by Gasteiger charge is -2.28. The first-order valence-corrected chi connectivity index (χ1v) is 13.0. The Morgan fingerprint density at radius 1 is 0.865 bits per heavy atom. The molecule has 1 fully saturated rings. The quantitative estimate of drug-likeness (QED) is 0.238. The van der Waals surface area contributed by atoms with Crippen LogP contribution in [0.2, 0.25) is 0 Å². The van der Waals surface area contributed by atoms with Gasteiger partial charge in [-0.05, 0) is 75.8 Å². The molecular formula is C29H38N2O6. The van der Waals surface area contributed by atoms with Gasteiger partial charge in [0.1, 0.15) is 11.5 Å². The molecule has 1 heterocycles. The minimum atomic E-state index is -0.767. The summed E-state index contributed by atoms with van der Waals surface area (Å²) in [4.78, 5) is 30.4. The van der Waals surface area contributed by atoms with Crippen LogP contribution in [0.4, 0.5) is 0 Å². The van der Waals surface area contributed by atoms with Gasteiger partial charge in [-0.1, -0.05) is 19.9 Å². The second-order valence-corrected chi connectivity index (χ2v) is 8.55. The van der Waals surface area contributed by atoms with Crippen molar-refractivity contribution in [3.8, 4) is 17.2 Å². The second kappa shape index (κ2) is 13.1. The van der Waals surface area contributed by atoms with Crippen molar-refractivity contribution in [3.05, 3.63) is 59.2 Å². The van der Waals surface area contributed by atoms with Crippen LogP contribution < -0.4 is 14.2 Å². The van der Waals surface area contributed by atoms with Crippen LogP contribution in [0.1, 0.15) is 51.8 Å². The smallest absolute Gasteiger partial charge is 0.295 e. The number of benzene rings is 2. The number of ether oxygens (including phenoxy) is 3. The fourth-order valence-corrected chi connectivity index (χ4v) is 4.52. The number of carbonyl (C=O) groups excluding carboxylic acids is 2. The highest BCUT2D eigenvalue weighted by atomic mass is 16.5. The van der Waals surface area contributed by atoms with Crippen LogP contribution in [-0.2, 0) is 9.59 Å². The number of likely N-dealkylation sites (tertiary alicyclic amines) is 1. The van der Waals surface area contributed by atoms with E-state index in [1.54, 1.807) is 41.3 Å². The molecule has 1 saturated heterocycles. The zero-order valence-electron chi connectivity index (χ0n) is 22.5. The molecule has 0 aliphatic carbocycles. The average molecular weight is 511 g/mol. The number of ketones is 1. The number of likely N-dealkylation sites (N-methyl/N-ethyl adjacent to an activating group) is 1. The Hall–Kier alpha value is -3.52. The van der Waals surface area contributed by atoms with Crippen molar-refractivity contribution in [2.45, 2.75) is 40.7 Å². The van der Waals surface area contributed by atoms with Crippen LogP contribution in [-0.4, -0.2) is 72.6 Å². The van der Waals surface area contributed by atoms with Crippen molar-refractivity contribution >= 4 is 17.4 Å². The zero-order chi connectivity index (χ0) is 26.9. The fraction of sp³-hybridized carbons (Fsp3) is 0.448. The van der Waals surface area contributed by atoms with Crippen LogP contribution in [0.15, 0.2) is 48.0 Å². The lowest BCUT2D eigenvalue weighted by Crippen LogP contribution is -2.38. The van der Waals surface area contributed by atoms with Crippen molar-refractivity contribution in [1.82, 2.24) is 9.80 Å². The van der Waals surface area contributed by atoms with E-state index in [2.05, 4.69) is 18.7 Å². The molecule has 1 unspecified atom stereocenters. The SMILES string of the molecule is CCOc1ccc(/C(O)=C2/C(=O)C(=O)N(CCN(CC)CC)C2c2ccc(OCC)c(OCC)c2)cc1. The lowest BCUT2D eigenvalue weighted by molar-refractivity contribution is -0.140. The molecule has 1 N–H and O–H groups in total. The molecule has 1 amide bonds. The molecule has 0 aromatic heterocycles. The Balaban J connectivity index is 2.13. The number of hydrogen-bond donors (Lipinski definition) is 1. The van der Waals surface area contributed by atoms with Crippen LogP contribution in [0.3, 0.4) is 0 Å². The maximum absolute atomic E-state index is 13.3. The molecule has 0 bridgehead atoms. The van der Waals surface area contributed by atoms with E-state index in [0.717, 1.165) is 13.1 Å². The predicted octanol–water partition coefficient (Wildman–Crippen LogP) is 4.65. The first kappa shape index (κ1) is 28.1. The molecule has 1 aliphatic heterocycles. The Bertz CT molecular complexity index is 1110. The molecule has 2 aromatic carbocycles. The summed E-state index contributed by atoms with van der Waals surface area (Å²) < 4.78 is 17.0. The van der Waals surface area contributed by atoms with E-state index in [-0.39, 0.29) is 11.3 Å². The highest BCUT2D eigenvalue weighted by molar-refractivity contribution is 6.46. The molecule has 2 aromatic rings. The molecule has 0 spiro atoms. The lowest BCUT2D eigenvalue weighted by atomic mass is 9.95. The average Bonchev–Trinajstić information content (AvgIpc) is 3.16. The van der Waals surface area contributed by atoms with Crippen molar-refractivity contribution in [2.24, 2.45) is 0 Å². The molecular weight excluding hydrogens is 472 g/mol. The maximum atomic E-state index is 13.3. The topological polar surface area (TPSA) is 88.5 Å². The Labute approximate surface area is 219 Å². The normalized spacial score (nSPS) is 16.9. The van der Waals surface area contributed by atoms with Crippen molar-refractivity contribution < 1.29 is 28.9 Å². The van der Waals surface area contributed by atoms with Gasteiger partial charge in [-0.25, -0.2) is 0 Å². The van der Waals surface area contributed by atoms with Gasteiger partial charge < -0.3 is 29.1 Å². The van der Waals surface area contributed by atoms with Gasteiger partial charge in [0.2, 0.25) is 0 Å². The van der Waals surface area contributed by atoms with Crippen molar-refractivity contribution in [2.75, 3.05) is 46.0 Å². The summed E-state index contributed by atoms with van der Waals surface area (Å²) in [6.07, 6.45) is 0. The predicted molar refractivity (Wildman–Crippen MR) is 143 cm³/mol. The number of Topliss-reactive ketones (excluding diaryl/α,β-unsaturated/α-hetero) is 1. The Kier molecular flexibility index (Phi) is 9.97.